The number of H-pyrrole nitrogens is 1. The Hall–Kier alpha value is -3.58. The number of aromatic amines is 1. The van der Waals surface area contributed by atoms with Crippen molar-refractivity contribution in [1.82, 2.24) is 20.8 Å². The summed E-state index contributed by atoms with van der Waals surface area (Å²) in [6.07, 6.45) is 2.70. The molecule has 3 aromatic rings. The number of carbonyl (C=O) groups excluding carboxylic acids is 2. The number of nitrogens with one attached hydrogen (secondary N) is 4. The SMILES string of the molecule is COC(=O)NCCCCSSCC(=O)NCCCOc1cc2c(cc1OC)-c1[nH]nc(Nc3cccc(F)c3)c1C2. The van der Waals surface area contributed by atoms with Crippen molar-refractivity contribution < 1.29 is 28.2 Å². The number of benzene rings is 2. The number of aromatic nitrogens is 2. The number of ether oxygens (including phenoxy) is 3. The number of methoxy groups -OCH3 is 2. The number of amides is 2. The molecule has 2 aromatic carbocycles. The van der Waals surface area contributed by atoms with Crippen molar-refractivity contribution in [2.45, 2.75) is 25.7 Å². The number of nitrogens with zero attached hydrogens (tertiary/aromatic N) is 1. The summed E-state index contributed by atoms with van der Waals surface area (Å²) in [4.78, 5) is 23.1. The van der Waals surface area contributed by atoms with Gasteiger partial charge >= 0.3 is 6.09 Å². The van der Waals surface area contributed by atoms with E-state index in [4.69, 9.17) is 9.47 Å². The smallest absolute Gasteiger partial charge is 0.406 e. The Bertz CT molecular complexity index is 1340. The third-order valence-electron chi connectivity index (χ3n) is 6.26. The van der Waals surface area contributed by atoms with Crippen molar-refractivity contribution in [3.63, 3.8) is 0 Å². The Morgan fingerprint density at radius 3 is 2.71 bits per heavy atom. The molecule has 0 radical (unpaired) electrons. The summed E-state index contributed by atoms with van der Waals surface area (Å²) in [6.45, 7) is 1.53. The molecule has 10 nitrogen and oxygen atoms in total. The molecule has 0 spiro atoms. The van der Waals surface area contributed by atoms with Crippen LogP contribution in [0.1, 0.15) is 30.4 Å². The molecule has 1 aromatic heterocycles. The highest BCUT2D eigenvalue weighted by atomic mass is 33.1. The average molecular weight is 604 g/mol. The van der Waals surface area contributed by atoms with Crippen LogP contribution >= 0.6 is 21.6 Å². The van der Waals surface area contributed by atoms with Gasteiger partial charge in [0.1, 0.15) is 5.82 Å². The lowest BCUT2D eigenvalue weighted by atomic mass is 10.1. The first kappa shape index (κ1) is 30.4. The lowest BCUT2D eigenvalue weighted by Crippen LogP contribution is -2.27. The maximum Gasteiger partial charge on any atom is 0.406 e. The van der Waals surface area contributed by atoms with Crippen molar-refractivity contribution in [3.05, 3.63) is 53.3 Å². The number of rotatable bonds is 16. The number of halogens is 1. The largest absolute Gasteiger partial charge is 0.493 e. The number of alkyl carbamates (subject to hydrolysis) is 1. The molecular weight excluding hydrogens is 569 g/mol. The van der Waals surface area contributed by atoms with Gasteiger partial charge in [-0.15, -0.1) is 0 Å². The molecule has 13 heteroatoms. The highest BCUT2D eigenvalue weighted by Gasteiger charge is 2.27. The van der Waals surface area contributed by atoms with E-state index in [0.29, 0.717) is 61.3 Å². The molecule has 1 aliphatic rings. The predicted molar refractivity (Wildman–Crippen MR) is 161 cm³/mol. The van der Waals surface area contributed by atoms with E-state index in [0.717, 1.165) is 41.0 Å². The zero-order chi connectivity index (χ0) is 29.0. The quantitative estimate of drug-likeness (QED) is 0.100. The molecule has 0 atom stereocenters. The third-order valence-corrected chi connectivity index (χ3v) is 8.62. The van der Waals surface area contributed by atoms with Crippen molar-refractivity contribution in [3.8, 4) is 22.8 Å². The molecule has 0 saturated carbocycles. The summed E-state index contributed by atoms with van der Waals surface area (Å²) in [5, 5.41) is 16.2. The van der Waals surface area contributed by atoms with Crippen LogP contribution in [0.15, 0.2) is 36.4 Å². The van der Waals surface area contributed by atoms with Crippen LogP contribution in [0.5, 0.6) is 11.5 Å². The molecule has 0 fully saturated rings. The number of unbranched alkanes of at least 4 members (excludes halogenated alkanes) is 1. The summed E-state index contributed by atoms with van der Waals surface area (Å²) in [5.41, 5.74) is 4.60. The second-order valence-electron chi connectivity index (χ2n) is 9.16. The summed E-state index contributed by atoms with van der Waals surface area (Å²) in [7, 11) is 6.11. The van der Waals surface area contributed by atoms with Crippen molar-refractivity contribution in [2.24, 2.45) is 0 Å². The van der Waals surface area contributed by atoms with Crippen LogP contribution in [-0.4, -0.2) is 67.6 Å². The third kappa shape index (κ3) is 8.70. The molecule has 0 saturated heterocycles. The van der Waals surface area contributed by atoms with Gasteiger partial charge in [-0.25, -0.2) is 9.18 Å². The summed E-state index contributed by atoms with van der Waals surface area (Å²) >= 11 is 0. The number of hydrogen-bond acceptors (Lipinski definition) is 9. The van der Waals surface area contributed by atoms with Gasteiger partial charge in [0.25, 0.3) is 0 Å². The van der Waals surface area contributed by atoms with E-state index in [9.17, 15) is 14.0 Å². The normalized spacial score (nSPS) is 11.4. The minimum absolute atomic E-state index is 0.0117. The molecule has 1 aliphatic carbocycles. The Morgan fingerprint density at radius 2 is 1.90 bits per heavy atom. The van der Waals surface area contributed by atoms with Crippen molar-refractivity contribution in [1.29, 1.82) is 0 Å². The molecule has 4 rings (SSSR count). The monoisotopic (exact) mass is 603 g/mol. The van der Waals surface area contributed by atoms with Gasteiger partial charge in [0, 0.05) is 42.1 Å². The Kier molecular flexibility index (Phi) is 11.4. The zero-order valence-electron chi connectivity index (χ0n) is 23.0. The molecule has 2 amide bonds. The van der Waals surface area contributed by atoms with E-state index in [-0.39, 0.29) is 11.7 Å². The lowest BCUT2D eigenvalue weighted by Gasteiger charge is -2.13. The first-order valence-corrected chi connectivity index (χ1v) is 15.7. The summed E-state index contributed by atoms with van der Waals surface area (Å²) in [5.74, 6) is 2.88. The predicted octanol–water partition coefficient (Wildman–Crippen LogP) is 5.27. The first-order chi connectivity index (χ1) is 20.0. The highest BCUT2D eigenvalue weighted by Crippen LogP contribution is 2.44. The standard InChI is InChI=1S/C28H34FN5O5S2/c1-37-23-16-21-18(13-22-26(21)33-34-27(22)32-20-8-5-7-19(29)15-20)14-24(23)39-11-6-10-30-25(35)17-41-40-12-4-3-9-31-28(36)38-2/h5,7-8,14-16H,3-4,6,9-13,17H2,1-2H3,(H,30,35)(H,31,36)(H2,32,33,34). The Labute approximate surface area is 246 Å². The van der Waals surface area contributed by atoms with Gasteiger partial charge in [-0.2, -0.15) is 5.10 Å². The van der Waals surface area contributed by atoms with Gasteiger partial charge in [0.2, 0.25) is 5.91 Å². The van der Waals surface area contributed by atoms with Gasteiger partial charge in [-0.05, 0) is 55.2 Å². The molecular formula is C28H34FN5O5S2. The minimum Gasteiger partial charge on any atom is -0.493 e. The maximum absolute atomic E-state index is 13.6. The van der Waals surface area contributed by atoms with E-state index in [1.54, 1.807) is 30.0 Å². The van der Waals surface area contributed by atoms with E-state index in [2.05, 4.69) is 30.9 Å². The van der Waals surface area contributed by atoms with Crippen LogP contribution < -0.4 is 25.4 Å². The van der Waals surface area contributed by atoms with Gasteiger partial charge in [-0.1, -0.05) is 27.7 Å². The second kappa shape index (κ2) is 15.4. The zero-order valence-corrected chi connectivity index (χ0v) is 24.6. The van der Waals surface area contributed by atoms with Crippen LogP contribution in [0.25, 0.3) is 11.3 Å². The van der Waals surface area contributed by atoms with Crippen molar-refractivity contribution in [2.75, 3.05) is 50.7 Å². The molecule has 0 unspecified atom stereocenters. The Morgan fingerprint density at radius 1 is 1.05 bits per heavy atom. The molecule has 1 heterocycles. The van der Waals surface area contributed by atoms with E-state index >= 15 is 0 Å². The van der Waals surface area contributed by atoms with Crippen LogP contribution in [0.3, 0.4) is 0 Å². The number of hydrogen-bond donors (Lipinski definition) is 4. The van der Waals surface area contributed by atoms with Gasteiger partial charge < -0.3 is 30.2 Å². The maximum atomic E-state index is 13.6. The fourth-order valence-corrected chi connectivity index (χ4v) is 6.26. The van der Waals surface area contributed by atoms with Crippen LogP contribution in [0.2, 0.25) is 0 Å². The van der Waals surface area contributed by atoms with Gasteiger partial charge in [-0.3, -0.25) is 9.89 Å². The molecule has 41 heavy (non-hydrogen) atoms. The first-order valence-electron chi connectivity index (χ1n) is 13.2. The van der Waals surface area contributed by atoms with Crippen LogP contribution in [-0.2, 0) is 16.0 Å². The summed E-state index contributed by atoms with van der Waals surface area (Å²) in [6, 6.07) is 10.2. The van der Waals surface area contributed by atoms with E-state index in [1.807, 2.05) is 12.1 Å². The Balaban J connectivity index is 1.16. The van der Waals surface area contributed by atoms with Crippen molar-refractivity contribution >= 4 is 45.1 Å². The van der Waals surface area contributed by atoms with E-state index < -0.39 is 6.09 Å². The van der Waals surface area contributed by atoms with Crippen LogP contribution in [0, 0.1) is 5.82 Å². The molecule has 0 aliphatic heterocycles. The minimum atomic E-state index is -0.416. The van der Waals surface area contributed by atoms with E-state index in [1.165, 1.54) is 30.0 Å². The van der Waals surface area contributed by atoms with Gasteiger partial charge in [0.05, 0.1) is 32.3 Å². The fraction of sp³-hybridized carbons (Fsp3) is 0.393. The fourth-order valence-electron chi connectivity index (χ4n) is 4.25. The number of anilines is 2. The number of carbonyl (C=O) groups is 2. The van der Waals surface area contributed by atoms with Crippen LogP contribution in [0.4, 0.5) is 20.7 Å². The highest BCUT2D eigenvalue weighted by molar-refractivity contribution is 8.76. The van der Waals surface area contributed by atoms with Gasteiger partial charge in [0.15, 0.2) is 17.3 Å². The summed E-state index contributed by atoms with van der Waals surface area (Å²) < 4.78 is 29.7. The second-order valence-corrected chi connectivity index (χ2v) is 11.7. The average Bonchev–Trinajstić information content (AvgIpc) is 3.52. The molecule has 4 N–H and O–H groups in total. The molecule has 0 bridgehead atoms. The topological polar surface area (TPSA) is 127 Å². The lowest BCUT2D eigenvalue weighted by molar-refractivity contribution is -0.118. The number of fused-ring (bicyclic) bond motifs is 3. The molecule has 220 valence electrons.